The van der Waals surface area contributed by atoms with Crippen molar-refractivity contribution in [2.75, 3.05) is 11.9 Å². The number of rotatable bonds is 2. The monoisotopic (exact) mass is 248 g/mol. The van der Waals surface area contributed by atoms with E-state index in [0.717, 1.165) is 17.2 Å². The van der Waals surface area contributed by atoms with Crippen LogP contribution in [0.2, 0.25) is 0 Å². The summed E-state index contributed by atoms with van der Waals surface area (Å²) in [5.74, 6) is 1.00. The first-order valence-electron chi connectivity index (χ1n) is 5.95. The van der Waals surface area contributed by atoms with Crippen LogP contribution in [0.1, 0.15) is 5.56 Å². The van der Waals surface area contributed by atoms with Gasteiger partial charge in [-0.05, 0) is 30.3 Å². The Morgan fingerprint density at radius 2 is 2.05 bits per heavy atom. The maximum atomic E-state index is 8.97. The average molecular weight is 248 g/mol. The molecule has 0 spiro atoms. The van der Waals surface area contributed by atoms with E-state index in [0.29, 0.717) is 5.56 Å². The van der Waals surface area contributed by atoms with E-state index in [1.165, 1.54) is 0 Å². The minimum absolute atomic E-state index is 0.655. The molecule has 0 aliphatic carbocycles. The van der Waals surface area contributed by atoms with E-state index in [-0.39, 0.29) is 0 Å². The summed E-state index contributed by atoms with van der Waals surface area (Å²) in [6.07, 6.45) is 3.70. The summed E-state index contributed by atoms with van der Waals surface area (Å²) >= 11 is 0. The molecule has 2 aromatic heterocycles. The van der Waals surface area contributed by atoms with E-state index in [4.69, 9.17) is 5.26 Å². The van der Waals surface area contributed by atoms with Crippen molar-refractivity contribution < 1.29 is 0 Å². The molecule has 0 atom stereocenters. The molecule has 1 aromatic carbocycles. The van der Waals surface area contributed by atoms with Crippen molar-refractivity contribution in [3.05, 3.63) is 60.4 Å². The zero-order valence-corrected chi connectivity index (χ0v) is 10.5. The molecule has 2 heterocycles. The number of fused-ring (bicyclic) bond motifs is 1. The van der Waals surface area contributed by atoms with Crippen LogP contribution in [0.3, 0.4) is 0 Å². The second-order valence-electron chi connectivity index (χ2n) is 4.26. The van der Waals surface area contributed by atoms with Gasteiger partial charge in [0, 0.05) is 25.1 Å². The molecule has 92 valence electrons. The fraction of sp³-hybridized carbons (Fsp3) is 0.0667. The number of benzene rings is 1. The van der Waals surface area contributed by atoms with Crippen molar-refractivity contribution in [3.63, 3.8) is 0 Å². The highest BCUT2D eigenvalue weighted by Gasteiger charge is 2.08. The molecule has 0 aliphatic rings. The fourth-order valence-corrected chi connectivity index (χ4v) is 2.12. The standard InChI is InChI=1S/C15H12N4/c1-18(13-5-2-4-12(10-13)11-16)15-7-3-6-14-17-8-9-19(14)15/h2-10H,1H3. The van der Waals surface area contributed by atoms with E-state index in [9.17, 15) is 0 Å². The van der Waals surface area contributed by atoms with E-state index in [1.807, 2.05) is 58.9 Å². The lowest BCUT2D eigenvalue weighted by Gasteiger charge is -2.20. The number of pyridine rings is 1. The van der Waals surface area contributed by atoms with Crippen molar-refractivity contribution in [1.82, 2.24) is 9.38 Å². The minimum Gasteiger partial charge on any atom is -0.331 e. The average Bonchev–Trinajstić information content (AvgIpc) is 2.95. The first kappa shape index (κ1) is 11.3. The molecule has 0 amide bonds. The van der Waals surface area contributed by atoms with Gasteiger partial charge in [0.1, 0.15) is 11.5 Å². The molecule has 4 heteroatoms. The number of hydrogen-bond acceptors (Lipinski definition) is 3. The summed E-state index contributed by atoms with van der Waals surface area (Å²) in [5.41, 5.74) is 2.53. The largest absolute Gasteiger partial charge is 0.331 e. The van der Waals surface area contributed by atoms with Crippen molar-refractivity contribution >= 4 is 17.2 Å². The molecule has 4 nitrogen and oxygen atoms in total. The normalized spacial score (nSPS) is 10.3. The third-order valence-corrected chi connectivity index (χ3v) is 3.11. The van der Waals surface area contributed by atoms with Gasteiger partial charge < -0.3 is 4.90 Å². The number of imidazole rings is 1. The predicted octanol–water partition coefficient (Wildman–Crippen LogP) is 2.97. The topological polar surface area (TPSA) is 44.3 Å². The van der Waals surface area contributed by atoms with Crippen LogP contribution in [0.4, 0.5) is 11.5 Å². The molecular weight excluding hydrogens is 236 g/mol. The van der Waals surface area contributed by atoms with E-state index >= 15 is 0 Å². The Labute approximate surface area is 111 Å². The second kappa shape index (κ2) is 4.46. The molecule has 0 bridgehead atoms. The number of nitrogens with zero attached hydrogens (tertiary/aromatic N) is 4. The zero-order chi connectivity index (χ0) is 13.2. The number of hydrogen-bond donors (Lipinski definition) is 0. The predicted molar refractivity (Wildman–Crippen MR) is 74.4 cm³/mol. The van der Waals surface area contributed by atoms with E-state index in [2.05, 4.69) is 11.1 Å². The van der Waals surface area contributed by atoms with Gasteiger partial charge in [-0.2, -0.15) is 5.26 Å². The van der Waals surface area contributed by atoms with Crippen LogP contribution >= 0.6 is 0 Å². The molecule has 3 aromatic rings. The van der Waals surface area contributed by atoms with Crippen molar-refractivity contribution in [1.29, 1.82) is 5.26 Å². The quantitative estimate of drug-likeness (QED) is 0.700. The maximum absolute atomic E-state index is 8.97. The molecular formula is C15H12N4. The lowest BCUT2D eigenvalue weighted by molar-refractivity contribution is 1.07. The maximum Gasteiger partial charge on any atom is 0.138 e. The summed E-state index contributed by atoms with van der Waals surface area (Å²) in [4.78, 5) is 6.31. The van der Waals surface area contributed by atoms with Crippen LogP contribution in [0.25, 0.3) is 5.65 Å². The highest BCUT2D eigenvalue weighted by atomic mass is 15.2. The molecule has 0 N–H and O–H groups in total. The molecule has 0 unspecified atom stereocenters. The highest BCUT2D eigenvalue weighted by molar-refractivity contribution is 5.64. The number of nitriles is 1. The van der Waals surface area contributed by atoms with Gasteiger partial charge in [-0.3, -0.25) is 4.40 Å². The zero-order valence-electron chi connectivity index (χ0n) is 10.5. The molecule has 3 rings (SSSR count). The van der Waals surface area contributed by atoms with E-state index in [1.54, 1.807) is 12.3 Å². The van der Waals surface area contributed by atoms with Crippen molar-refractivity contribution in [2.45, 2.75) is 0 Å². The number of aromatic nitrogens is 2. The smallest absolute Gasteiger partial charge is 0.138 e. The summed E-state index contributed by atoms with van der Waals surface area (Å²) < 4.78 is 2.01. The Balaban J connectivity index is 2.10. The van der Waals surface area contributed by atoms with Crippen LogP contribution in [0, 0.1) is 11.3 Å². The first-order valence-corrected chi connectivity index (χ1v) is 5.95. The van der Waals surface area contributed by atoms with E-state index < -0.39 is 0 Å². The van der Waals surface area contributed by atoms with Gasteiger partial charge in [0.2, 0.25) is 0 Å². The summed E-state index contributed by atoms with van der Waals surface area (Å²) in [6, 6.07) is 15.7. The molecule has 0 fully saturated rings. The Bertz CT molecular complexity index is 767. The van der Waals surface area contributed by atoms with Gasteiger partial charge in [0.05, 0.1) is 11.6 Å². The Morgan fingerprint density at radius 3 is 2.89 bits per heavy atom. The first-order chi connectivity index (χ1) is 9.29. The SMILES string of the molecule is CN(c1cccc(C#N)c1)c1cccc2nccn12. The van der Waals surface area contributed by atoms with Gasteiger partial charge >= 0.3 is 0 Å². The van der Waals surface area contributed by atoms with Crippen molar-refractivity contribution in [2.24, 2.45) is 0 Å². The molecule has 0 aliphatic heterocycles. The van der Waals surface area contributed by atoms with Gasteiger partial charge in [-0.1, -0.05) is 12.1 Å². The lowest BCUT2D eigenvalue weighted by Crippen LogP contribution is -2.13. The van der Waals surface area contributed by atoms with Crippen LogP contribution in [-0.2, 0) is 0 Å². The molecule has 0 saturated heterocycles. The van der Waals surface area contributed by atoms with Gasteiger partial charge in [0.15, 0.2) is 0 Å². The van der Waals surface area contributed by atoms with Crippen molar-refractivity contribution in [3.8, 4) is 6.07 Å². The summed E-state index contributed by atoms with van der Waals surface area (Å²) in [7, 11) is 1.98. The number of anilines is 2. The third kappa shape index (κ3) is 1.91. The molecule has 0 radical (unpaired) electrons. The second-order valence-corrected chi connectivity index (χ2v) is 4.26. The summed E-state index contributed by atoms with van der Waals surface area (Å²) in [5, 5.41) is 8.97. The van der Waals surface area contributed by atoms with Gasteiger partial charge in [-0.15, -0.1) is 0 Å². The molecule has 19 heavy (non-hydrogen) atoms. The lowest BCUT2D eigenvalue weighted by atomic mass is 10.2. The minimum atomic E-state index is 0.655. The molecule has 0 saturated carbocycles. The van der Waals surface area contributed by atoms with Gasteiger partial charge in [-0.25, -0.2) is 4.98 Å². The van der Waals surface area contributed by atoms with Crippen LogP contribution < -0.4 is 4.90 Å². The third-order valence-electron chi connectivity index (χ3n) is 3.11. The van der Waals surface area contributed by atoms with Crippen LogP contribution in [0.15, 0.2) is 54.9 Å². The highest BCUT2D eigenvalue weighted by Crippen LogP contribution is 2.24. The summed E-state index contributed by atoms with van der Waals surface area (Å²) in [6.45, 7) is 0. The Hall–Kier alpha value is -2.80. The van der Waals surface area contributed by atoms with Crippen LogP contribution in [0.5, 0.6) is 0 Å². The fourth-order valence-electron chi connectivity index (χ4n) is 2.12. The van der Waals surface area contributed by atoms with Gasteiger partial charge in [0.25, 0.3) is 0 Å². The Kier molecular flexibility index (Phi) is 2.66. The van der Waals surface area contributed by atoms with Crippen LogP contribution in [-0.4, -0.2) is 16.4 Å². The Morgan fingerprint density at radius 1 is 1.21 bits per heavy atom.